The van der Waals surface area contributed by atoms with Crippen LogP contribution in [0.1, 0.15) is 5.69 Å². The van der Waals surface area contributed by atoms with Crippen LogP contribution in [0.4, 0.5) is 0 Å². The van der Waals surface area contributed by atoms with E-state index in [9.17, 15) is 0 Å². The Bertz CT molecular complexity index is 604. The first kappa shape index (κ1) is 13.9. The van der Waals surface area contributed by atoms with E-state index in [0.717, 1.165) is 10.2 Å². The molecular weight excluding hydrogens is 360 g/mol. The van der Waals surface area contributed by atoms with E-state index in [1.54, 1.807) is 12.1 Å². The second kappa shape index (κ2) is 5.66. The van der Waals surface area contributed by atoms with Crippen LogP contribution in [0.5, 0.6) is 11.6 Å². The number of ether oxygens (including phenoxy) is 1. The van der Waals surface area contributed by atoms with Gasteiger partial charge >= 0.3 is 0 Å². The normalized spacial score (nSPS) is 10.5. The molecule has 0 N–H and O–H groups in total. The van der Waals surface area contributed by atoms with Gasteiger partial charge in [0.15, 0.2) is 0 Å². The van der Waals surface area contributed by atoms with Crippen molar-refractivity contribution < 1.29 is 4.74 Å². The molecule has 6 heteroatoms. The highest BCUT2D eigenvalue weighted by Gasteiger charge is 2.09. The van der Waals surface area contributed by atoms with Crippen LogP contribution in [0.3, 0.4) is 0 Å². The van der Waals surface area contributed by atoms with Crippen LogP contribution >= 0.6 is 50.7 Å². The standard InChI is InChI=1S/C12H7BrCl3NO/c1-6-7(13)2-3-12(17-6)18-11-5-9(15)8(14)4-10(11)16/h2-5H,1H3. The first-order valence-corrected chi connectivity index (χ1v) is 6.85. The molecule has 1 heterocycles. The van der Waals surface area contributed by atoms with Crippen LogP contribution in [-0.4, -0.2) is 4.98 Å². The van der Waals surface area contributed by atoms with Gasteiger partial charge in [0.25, 0.3) is 0 Å². The SMILES string of the molecule is Cc1nc(Oc2cc(Cl)c(Cl)cc2Cl)ccc1Br. The Kier molecular flexibility index (Phi) is 4.38. The molecule has 1 aromatic carbocycles. The molecular formula is C12H7BrCl3NO. The van der Waals surface area contributed by atoms with Gasteiger partial charge < -0.3 is 4.74 Å². The van der Waals surface area contributed by atoms with Gasteiger partial charge in [0.2, 0.25) is 5.88 Å². The Morgan fingerprint density at radius 1 is 1.06 bits per heavy atom. The summed E-state index contributed by atoms with van der Waals surface area (Å²) in [5.41, 5.74) is 0.823. The molecule has 18 heavy (non-hydrogen) atoms. The molecule has 0 saturated heterocycles. The minimum atomic E-state index is 0.380. The van der Waals surface area contributed by atoms with Crippen molar-refractivity contribution in [2.45, 2.75) is 6.92 Å². The van der Waals surface area contributed by atoms with E-state index in [1.807, 2.05) is 13.0 Å². The van der Waals surface area contributed by atoms with Gasteiger partial charge in [-0.25, -0.2) is 4.98 Å². The summed E-state index contributed by atoms with van der Waals surface area (Å²) in [5.74, 6) is 0.858. The topological polar surface area (TPSA) is 22.1 Å². The Morgan fingerprint density at radius 2 is 1.72 bits per heavy atom. The maximum atomic E-state index is 6.02. The molecule has 2 nitrogen and oxygen atoms in total. The summed E-state index contributed by atoms with van der Waals surface area (Å²) < 4.78 is 6.49. The highest BCUT2D eigenvalue weighted by atomic mass is 79.9. The molecule has 0 aliphatic carbocycles. The van der Waals surface area contributed by atoms with E-state index >= 15 is 0 Å². The van der Waals surface area contributed by atoms with Crippen molar-refractivity contribution in [1.29, 1.82) is 0 Å². The number of aryl methyl sites for hydroxylation is 1. The van der Waals surface area contributed by atoms with Crippen LogP contribution in [0.25, 0.3) is 0 Å². The first-order valence-electron chi connectivity index (χ1n) is 4.93. The third kappa shape index (κ3) is 3.09. The molecule has 0 aliphatic heterocycles. The third-order valence-corrected chi connectivity index (χ3v) is 4.04. The second-order valence-electron chi connectivity index (χ2n) is 3.52. The summed E-state index contributed by atoms with van der Waals surface area (Å²) in [6.45, 7) is 1.87. The summed E-state index contributed by atoms with van der Waals surface area (Å²) in [7, 11) is 0. The lowest BCUT2D eigenvalue weighted by Crippen LogP contribution is -1.91. The number of hydrogen-bond acceptors (Lipinski definition) is 2. The van der Waals surface area contributed by atoms with Crippen molar-refractivity contribution in [2.75, 3.05) is 0 Å². The average molecular weight is 367 g/mol. The molecule has 0 bridgehead atoms. The average Bonchev–Trinajstić information content (AvgIpc) is 2.31. The zero-order chi connectivity index (χ0) is 13.3. The molecule has 0 unspecified atom stereocenters. The summed E-state index contributed by atoms with van der Waals surface area (Å²) in [6, 6.07) is 6.68. The highest BCUT2D eigenvalue weighted by molar-refractivity contribution is 9.10. The summed E-state index contributed by atoms with van der Waals surface area (Å²) in [5, 5.41) is 1.14. The Hall–Kier alpha value is -0.480. The maximum Gasteiger partial charge on any atom is 0.219 e. The van der Waals surface area contributed by atoms with E-state index in [4.69, 9.17) is 39.5 Å². The highest BCUT2D eigenvalue weighted by Crippen LogP contribution is 2.36. The van der Waals surface area contributed by atoms with E-state index in [-0.39, 0.29) is 0 Å². The molecule has 2 aromatic rings. The fourth-order valence-electron chi connectivity index (χ4n) is 1.27. The van der Waals surface area contributed by atoms with Crippen molar-refractivity contribution in [2.24, 2.45) is 0 Å². The molecule has 2 rings (SSSR count). The first-order chi connectivity index (χ1) is 8.47. The number of hydrogen-bond donors (Lipinski definition) is 0. The van der Waals surface area contributed by atoms with Gasteiger partial charge in [-0.15, -0.1) is 0 Å². The lowest BCUT2D eigenvalue weighted by molar-refractivity contribution is 0.461. The molecule has 0 amide bonds. The summed E-state index contributed by atoms with van der Waals surface area (Å²) in [4.78, 5) is 4.26. The number of rotatable bonds is 2. The maximum absolute atomic E-state index is 6.02. The minimum Gasteiger partial charge on any atom is -0.437 e. The summed E-state index contributed by atoms with van der Waals surface area (Å²) in [6.07, 6.45) is 0. The predicted octanol–water partition coefficient (Wildman–Crippen LogP) is 5.91. The zero-order valence-corrected chi connectivity index (χ0v) is 13.0. The van der Waals surface area contributed by atoms with E-state index in [2.05, 4.69) is 20.9 Å². The van der Waals surface area contributed by atoms with Crippen LogP contribution < -0.4 is 4.74 Å². The fraction of sp³-hybridized carbons (Fsp3) is 0.0833. The van der Waals surface area contributed by atoms with Gasteiger partial charge in [-0.2, -0.15) is 0 Å². The molecule has 0 saturated carbocycles. The van der Waals surface area contributed by atoms with E-state index in [0.29, 0.717) is 26.7 Å². The number of aromatic nitrogens is 1. The van der Waals surface area contributed by atoms with Crippen molar-refractivity contribution in [3.63, 3.8) is 0 Å². The number of halogens is 4. The van der Waals surface area contributed by atoms with Crippen molar-refractivity contribution in [1.82, 2.24) is 4.98 Å². The van der Waals surface area contributed by atoms with Crippen LogP contribution in [0.2, 0.25) is 15.1 Å². The van der Waals surface area contributed by atoms with Gasteiger partial charge in [0.1, 0.15) is 5.75 Å². The molecule has 0 spiro atoms. The molecule has 0 aliphatic rings. The van der Waals surface area contributed by atoms with Gasteiger partial charge in [-0.1, -0.05) is 34.8 Å². The van der Waals surface area contributed by atoms with Crippen LogP contribution in [0.15, 0.2) is 28.7 Å². The van der Waals surface area contributed by atoms with Crippen molar-refractivity contribution in [3.8, 4) is 11.6 Å². The van der Waals surface area contributed by atoms with Gasteiger partial charge in [-0.05, 0) is 35.0 Å². The van der Waals surface area contributed by atoms with Gasteiger partial charge in [0, 0.05) is 16.6 Å². The second-order valence-corrected chi connectivity index (χ2v) is 5.59. The Morgan fingerprint density at radius 3 is 2.39 bits per heavy atom. The van der Waals surface area contributed by atoms with Crippen LogP contribution in [0, 0.1) is 6.92 Å². The van der Waals surface area contributed by atoms with Crippen molar-refractivity contribution >= 4 is 50.7 Å². The van der Waals surface area contributed by atoms with E-state index < -0.39 is 0 Å². The number of pyridine rings is 1. The molecule has 0 radical (unpaired) electrons. The fourth-order valence-corrected chi connectivity index (χ4v) is 2.07. The molecule has 1 aromatic heterocycles. The Balaban J connectivity index is 2.34. The summed E-state index contributed by atoms with van der Waals surface area (Å²) >= 11 is 21.1. The monoisotopic (exact) mass is 365 g/mol. The van der Waals surface area contributed by atoms with Crippen molar-refractivity contribution in [3.05, 3.63) is 49.5 Å². The molecule has 94 valence electrons. The lowest BCUT2D eigenvalue weighted by Gasteiger charge is -2.09. The minimum absolute atomic E-state index is 0.380. The quantitative estimate of drug-likeness (QED) is 0.616. The lowest BCUT2D eigenvalue weighted by atomic mass is 10.3. The third-order valence-electron chi connectivity index (χ3n) is 2.19. The largest absolute Gasteiger partial charge is 0.437 e. The van der Waals surface area contributed by atoms with Gasteiger partial charge in [-0.3, -0.25) is 0 Å². The predicted molar refractivity (Wildman–Crippen MR) is 78.2 cm³/mol. The van der Waals surface area contributed by atoms with Crippen LogP contribution in [-0.2, 0) is 0 Å². The number of benzene rings is 1. The number of nitrogens with zero attached hydrogens (tertiary/aromatic N) is 1. The molecule has 0 fully saturated rings. The smallest absolute Gasteiger partial charge is 0.219 e. The Labute approximate surface area is 128 Å². The van der Waals surface area contributed by atoms with Gasteiger partial charge in [0.05, 0.1) is 20.8 Å². The zero-order valence-electron chi connectivity index (χ0n) is 9.18. The molecule has 0 atom stereocenters. The van der Waals surface area contributed by atoms with E-state index in [1.165, 1.54) is 6.07 Å².